The Morgan fingerprint density at radius 3 is 2.62 bits per heavy atom. The summed E-state index contributed by atoms with van der Waals surface area (Å²) in [6, 6.07) is 4.08. The number of phenolic OH excluding ortho intramolecular Hbond substituents is 2. The van der Waals surface area contributed by atoms with Gasteiger partial charge in [0.15, 0.2) is 11.5 Å². The Bertz CT molecular complexity index is 706. The molecule has 0 spiro atoms. The first-order valence-electron chi connectivity index (χ1n) is 11.6. The molecule has 4 nitrogen and oxygen atoms in total. The van der Waals surface area contributed by atoms with Crippen LogP contribution in [0.2, 0.25) is 0 Å². The van der Waals surface area contributed by atoms with Gasteiger partial charge in [-0.05, 0) is 75.6 Å². The summed E-state index contributed by atoms with van der Waals surface area (Å²) in [7, 11) is 4.08. The molecule has 6 atom stereocenters. The summed E-state index contributed by atoms with van der Waals surface area (Å²) in [5.74, 6) is 1.71. The molecule has 4 heteroatoms. The quantitative estimate of drug-likeness (QED) is 0.649. The van der Waals surface area contributed by atoms with Gasteiger partial charge in [-0.2, -0.15) is 0 Å². The highest BCUT2D eigenvalue weighted by molar-refractivity contribution is 5.54. The van der Waals surface area contributed by atoms with Gasteiger partial charge in [0.1, 0.15) is 0 Å². The molecule has 1 saturated carbocycles. The van der Waals surface area contributed by atoms with Crippen molar-refractivity contribution in [3.05, 3.63) is 23.3 Å². The van der Waals surface area contributed by atoms with Crippen molar-refractivity contribution in [3.8, 4) is 11.5 Å². The maximum absolute atomic E-state index is 11.1. The van der Waals surface area contributed by atoms with Crippen LogP contribution in [0.5, 0.6) is 11.5 Å². The molecule has 3 rings (SSSR count). The van der Waals surface area contributed by atoms with Crippen LogP contribution < -0.4 is 0 Å². The van der Waals surface area contributed by atoms with E-state index in [4.69, 9.17) is 4.74 Å². The van der Waals surface area contributed by atoms with Crippen molar-refractivity contribution in [2.45, 2.75) is 83.8 Å². The normalized spacial score (nSPS) is 34.0. The second kappa shape index (κ2) is 8.85. The molecule has 29 heavy (non-hydrogen) atoms. The number of rotatable bonds is 6. The highest BCUT2D eigenvalue weighted by Crippen LogP contribution is 2.58. The lowest BCUT2D eigenvalue weighted by Gasteiger charge is -2.58. The van der Waals surface area contributed by atoms with E-state index in [1.54, 1.807) is 6.07 Å². The van der Waals surface area contributed by atoms with E-state index in [9.17, 15) is 10.2 Å². The van der Waals surface area contributed by atoms with Crippen LogP contribution in [0.4, 0.5) is 0 Å². The van der Waals surface area contributed by atoms with E-state index in [-0.39, 0.29) is 23.0 Å². The zero-order chi connectivity index (χ0) is 21.3. The number of methoxy groups -OCH3 is 1. The number of ether oxygens (including phenoxy) is 1. The Hall–Kier alpha value is -1.26. The molecule has 1 aromatic rings. The summed E-state index contributed by atoms with van der Waals surface area (Å²) in [6.45, 7) is 10.1. The van der Waals surface area contributed by atoms with E-state index >= 15 is 0 Å². The number of hydrogen-bond donors (Lipinski definition) is 2. The number of fused-ring (bicyclic) bond motifs is 1. The third-order valence-corrected chi connectivity index (χ3v) is 8.37. The molecule has 2 aliphatic rings. The molecule has 1 saturated heterocycles. The van der Waals surface area contributed by atoms with Gasteiger partial charge in [-0.15, -0.1) is 0 Å². The number of nitrogens with zero attached hydrogens (tertiary/aromatic N) is 1. The van der Waals surface area contributed by atoms with Gasteiger partial charge in [0.2, 0.25) is 0 Å². The lowest BCUT2D eigenvalue weighted by atomic mass is 9.52. The third-order valence-electron chi connectivity index (χ3n) is 8.37. The lowest BCUT2D eigenvalue weighted by Crippen LogP contribution is -2.59. The maximum Gasteiger partial charge on any atom is 0.161 e. The largest absolute Gasteiger partial charge is 0.504 e. The molecule has 2 fully saturated rings. The average Bonchev–Trinajstić information content (AvgIpc) is 2.72. The number of hydrogen-bond acceptors (Lipinski definition) is 4. The average molecular weight is 404 g/mol. The topological polar surface area (TPSA) is 52.9 Å². The molecule has 0 bridgehead atoms. The van der Waals surface area contributed by atoms with Crippen LogP contribution in [0.1, 0.15) is 70.9 Å². The van der Waals surface area contributed by atoms with Crippen molar-refractivity contribution in [3.63, 3.8) is 0 Å². The zero-order valence-electron chi connectivity index (χ0n) is 19.2. The Morgan fingerprint density at radius 1 is 1.28 bits per heavy atom. The SMILES string of the molecule is CCCC(C)C1CC2[C@@H](C)N(C)CCC2(c2c(CC)ccc(O)c2O)CC1OC. The van der Waals surface area contributed by atoms with Crippen molar-refractivity contribution < 1.29 is 14.9 Å². The lowest BCUT2D eigenvalue weighted by molar-refractivity contribution is -0.0877. The Kier molecular flexibility index (Phi) is 6.84. The fraction of sp³-hybridized carbons (Fsp3) is 0.760. The van der Waals surface area contributed by atoms with Gasteiger partial charge in [0, 0.05) is 24.1 Å². The van der Waals surface area contributed by atoms with Crippen LogP contribution in [0, 0.1) is 17.8 Å². The molecular weight excluding hydrogens is 362 g/mol. The monoisotopic (exact) mass is 403 g/mol. The van der Waals surface area contributed by atoms with Crippen molar-refractivity contribution in [2.24, 2.45) is 17.8 Å². The summed E-state index contributed by atoms with van der Waals surface area (Å²) in [5.41, 5.74) is 2.01. The summed E-state index contributed by atoms with van der Waals surface area (Å²) < 4.78 is 6.11. The number of piperidine rings is 1. The minimum atomic E-state index is -0.150. The van der Waals surface area contributed by atoms with Crippen LogP contribution in [-0.4, -0.2) is 48.0 Å². The first-order chi connectivity index (χ1) is 13.8. The van der Waals surface area contributed by atoms with E-state index in [0.717, 1.165) is 43.4 Å². The zero-order valence-corrected chi connectivity index (χ0v) is 19.2. The Balaban J connectivity index is 2.14. The first kappa shape index (κ1) is 22.4. The van der Waals surface area contributed by atoms with Crippen LogP contribution in [0.25, 0.3) is 0 Å². The van der Waals surface area contributed by atoms with Gasteiger partial charge in [-0.3, -0.25) is 0 Å². The molecule has 1 aliphatic heterocycles. The molecule has 5 unspecified atom stereocenters. The Labute approximate surface area is 177 Å². The van der Waals surface area contributed by atoms with Crippen molar-refractivity contribution in [1.82, 2.24) is 4.90 Å². The van der Waals surface area contributed by atoms with E-state index in [0.29, 0.717) is 23.8 Å². The van der Waals surface area contributed by atoms with Crippen LogP contribution in [0.15, 0.2) is 12.1 Å². The van der Waals surface area contributed by atoms with Crippen molar-refractivity contribution in [1.29, 1.82) is 0 Å². The van der Waals surface area contributed by atoms with Crippen LogP contribution >= 0.6 is 0 Å². The molecule has 0 radical (unpaired) electrons. The second-order valence-electron chi connectivity index (χ2n) is 9.70. The molecular formula is C25H41NO3. The molecule has 2 N–H and O–H groups in total. The molecule has 0 amide bonds. The van der Waals surface area contributed by atoms with Gasteiger partial charge in [0.25, 0.3) is 0 Å². The van der Waals surface area contributed by atoms with Crippen LogP contribution in [0.3, 0.4) is 0 Å². The highest BCUT2D eigenvalue weighted by atomic mass is 16.5. The molecule has 164 valence electrons. The van der Waals surface area contributed by atoms with Gasteiger partial charge in [-0.1, -0.05) is 39.7 Å². The molecule has 1 aromatic carbocycles. The number of aryl methyl sites for hydroxylation is 1. The first-order valence-corrected chi connectivity index (χ1v) is 11.6. The predicted molar refractivity (Wildman–Crippen MR) is 119 cm³/mol. The van der Waals surface area contributed by atoms with Gasteiger partial charge < -0.3 is 19.8 Å². The van der Waals surface area contributed by atoms with E-state index in [2.05, 4.69) is 39.6 Å². The predicted octanol–water partition coefficient (Wildman–Crippen LogP) is 5.10. The third kappa shape index (κ3) is 3.79. The second-order valence-corrected chi connectivity index (χ2v) is 9.70. The van der Waals surface area contributed by atoms with Crippen molar-refractivity contribution in [2.75, 3.05) is 20.7 Å². The van der Waals surface area contributed by atoms with Gasteiger partial charge in [-0.25, -0.2) is 0 Å². The Morgan fingerprint density at radius 2 is 2.00 bits per heavy atom. The fourth-order valence-corrected chi connectivity index (χ4v) is 6.58. The molecule has 0 aromatic heterocycles. The summed E-state index contributed by atoms with van der Waals surface area (Å²) in [5, 5.41) is 21.5. The van der Waals surface area contributed by atoms with E-state index in [1.807, 2.05) is 13.2 Å². The molecule has 1 aliphatic carbocycles. The summed E-state index contributed by atoms with van der Waals surface area (Å²) >= 11 is 0. The number of aromatic hydroxyl groups is 2. The minimum absolute atomic E-state index is 0.00680. The van der Waals surface area contributed by atoms with Crippen LogP contribution in [-0.2, 0) is 16.6 Å². The standard InChI is InChI=1S/C25H41NO3/c1-7-9-16(3)19-14-20-17(4)26(5)13-12-25(20,15-22(19)29-6)23-18(8-2)10-11-21(27)24(23)28/h10-11,16-17,19-20,22,27-28H,7-9,12-15H2,1-6H3/t16?,17-,19?,20?,22?,25?/m1/s1. The van der Waals surface area contributed by atoms with Crippen molar-refractivity contribution >= 4 is 0 Å². The highest BCUT2D eigenvalue weighted by Gasteiger charge is 2.55. The van der Waals surface area contributed by atoms with Gasteiger partial charge in [0.05, 0.1) is 6.10 Å². The van der Waals surface area contributed by atoms with E-state index < -0.39 is 0 Å². The maximum atomic E-state index is 11.1. The molecule has 1 heterocycles. The smallest absolute Gasteiger partial charge is 0.161 e. The number of likely N-dealkylation sites (tertiary alicyclic amines) is 1. The number of benzene rings is 1. The summed E-state index contributed by atoms with van der Waals surface area (Å²) in [6.07, 6.45) is 6.51. The minimum Gasteiger partial charge on any atom is -0.504 e. The number of phenols is 2. The van der Waals surface area contributed by atoms with E-state index in [1.165, 1.54) is 12.8 Å². The van der Waals surface area contributed by atoms with Gasteiger partial charge >= 0.3 is 0 Å². The summed E-state index contributed by atoms with van der Waals surface area (Å²) in [4.78, 5) is 2.48. The fourth-order valence-electron chi connectivity index (χ4n) is 6.58.